The molecule has 0 unspecified atom stereocenters. The van der Waals surface area contributed by atoms with E-state index in [1.165, 1.54) is 5.06 Å². The van der Waals surface area contributed by atoms with Crippen LogP contribution in [0, 0.1) is 0 Å². The average molecular weight is 522 g/mol. The molecule has 1 fully saturated rings. The summed E-state index contributed by atoms with van der Waals surface area (Å²) in [6, 6.07) is 29.4. The van der Waals surface area contributed by atoms with Crippen molar-refractivity contribution in [2.45, 2.75) is 63.2 Å². The summed E-state index contributed by atoms with van der Waals surface area (Å²) in [6.45, 7) is 1.57. The zero-order valence-corrected chi connectivity index (χ0v) is 22.2. The highest BCUT2D eigenvalue weighted by Gasteiger charge is 2.50. The van der Waals surface area contributed by atoms with Gasteiger partial charge in [0.15, 0.2) is 6.29 Å². The summed E-state index contributed by atoms with van der Waals surface area (Å²) < 4.78 is 29.9. The summed E-state index contributed by atoms with van der Waals surface area (Å²) in [5.74, 6) is 0. The van der Waals surface area contributed by atoms with E-state index >= 15 is 0 Å². The average Bonchev–Trinajstić information content (AvgIpc) is 3.22. The number of rotatable bonds is 15. The van der Waals surface area contributed by atoms with Crippen LogP contribution >= 0.6 is 0 Å². The van der Waals surface area contributed by atoms with E-state index in [-0.39, 0.29) is 18.4 Å². The molecule has 1 aliphatic rings. The second kappa shape index (κ2) is 15.1. The molecular formula is C31H39NO6. The number of nitrogens with zero attached hydrogens (tertiary/aromatic N) is 1. The third-order valence-electron chi connectivity index (χ3n) is 6.96. The van der Waals surface area contributed by atoms with Crippen molar-refractivity contribution < 1.29 is 28.9 Å². The molecule has 0 radical (unpaired) electrons. The van der Waals surface area contributed by atoms with Gasteiger partial charge < -0.3 is 28.9 Å². The number of hydrogen-bond acceptors (Lipinski definition) is 7. The van der Waals surface area contributed by atoms with Crippen LogP contribution in [0.2, 0.25) is 0 Å². The first-order valence-electron chi connectivity index (χ1n) is 13.1. The van der Waals surface area contributed by atoms with Crippen molar-refractivity contribution in [1.82, 2.24) is 5.06 Å². The molecule has 0 aromatic heterocycles. The lowest BCUT2D eigenvalue weighted by molar-refractivity contribution is -0.172. The first-order chi connectivity index (χ1) is 18.7. The minimum Gasteiger partial charge on any atom is -0.375 e. The third kappa shape index (κ3) is 7.94. The largest absolute Gasteiger partial charge is 0.375 e. The Bertz CT molecular complexity index is 1030. The van der Waals surface area contributed by atoms with Gasteiger partial charge in [0, 0.05) is 20.6 Å². The summed E-state index contributed by atoms with van der Waals surface area (Å²) in [5, 5.41) is 12.8. The van der Waals surface area contributed by atoms with E-state index in [9.17, 15) is 5.21 Å². The summed E-state index contributed by atoms with van der Waals surface area (Å²) in [6.07, 6.45) is 0.0399. The minimum atomic E-state index is -0.409. The van der Waals surface area contributed by atoms with Crippen molar-refractivity contribution in [3.8, 4) is 0 Å². The van der Waals surface area contributed by atoms with Gasteiger partial charge in [-0.2, -0.15) is 5.06 Å². The zero-order chi connectivity index (χ0) is 26.6. The molecule has 0 spiro atoms. The fourth-order valence-corrected chi connectivity index (χ4v) is 4.91. The monoisotopic (exact) mass is 521 g/mol. The van der Waals surface area contributed by atoms with Crippen molar-refractivity contribution in [2.75, 3.05) is 20.8 Å². The van der Waals surface area contributed by atoms with Gasteiger partial charge in [0.1, 0.15) is 12.2 Å². The molecule has 204 valence electrons. The van der Waals surface area contributed by atoms with Crippen molar-refractivity contribution >= 4 is 0 Å². The summed E-state index contributed by atoms with van der Waals surface area (Å²) in [5.41, 5.74) is 3.20. The van der Waals surface area contributed by atoms with Crippen LogP contribution in [-0.4, -0.2) is 61.7 Å². The Morgan fingerprint density at radius 1 is 0.658 bits per heavy atom. The standard InChI is InChI=1S/C31H39NO6/c1-34-29(35-2)19-18-27-30(37-21-25-14-8-4-9-15-25)31(38-22-26-16-10-5-11-17-26)28(32(27)33)23-36-20-24-12-6-3-7-13-24/h3-17,27-31,33H,18-23H2,1-2H3/t27-,28-,30-,31-/m0/s1. The van der Waals surface area contributed by atoms with Gasteiger partial charge in [0.05, 0.1) is 38.5 Å². The lowest BCUT2D eigenvalue weighted by Crippen LogP contribution is -2.41. The van der Waals surface area contributed by atoms with Crippen LogP contribution < -0.4 is 0 Å². The van der Waals surface area contributed by atoms with Gasteiger partial charge in [0.2, 0.25) is 0 Å². The predicted octanol–water partition coefficient (Wildman–Crippen LogP) is 5.22. The zero-order valence-electron chi connectivity index (χ0n) is 22.2. The normalized spacial score (nSPS) is 21.8. The van der Waals surface area contributed by atoms with Crippen LogP contribution in [0.1, 0.15) is 29.5 Å². The van der Waals surface area contributed by atoms with Crippen molar-refractivity contribution in [3.63, 3.8) is 0 Å². The first kappa shape index (κ1) is 28.4. The molecule has 1 aliphatic heterocycles. The molecule has 0 saturated carbocycles. The molecule has 0 aliphatic carbocycles. The lowest BCUT2D eigenvalue weighted by Gasteiger charge is -2.27. The Balaban J connectivity index is 1.53. The molecule has 38 heavy (non-hydrogen) atoms. The van der Waals surface area contributed by atoms with E-state index in [0.717, 1.165) is 16.7 Å². The maximum absolute atomic E-state index is 11.5. The molecule has 0 bridgehead atoms. The maximum atomic E-state index is 11.5. The highest BCUT2D eigenvalue weighted by atomic mass is 16.7. The van der Waals surface area contributed by atoms with Crippen LogP contribution in [0.15, 0.2) is 91.0 Å². The molecular weight excluding hydrogens is 482 g/mol. The minimum absolute atomic E-state index is 0.296. The van der Waals surface area contributed by atoms with Gasteiger partial charge >= 0.3 is 0 Å². The smallest absolute Gasteiger partial charge is 0.156 e. The Morgan fingerprint density at radius 2 is 1.11 bits per heavy atom. The highest BCUT2D eigenvalue weighted by Crippen LogP contribution is 2.33. The molecule has 0 amide bonds. The fourth-order valence-electron chi connectivity index (χ4n) is 4.91. The highest BCUT2D eigenvalue weighted by molar-refractivity contribution is 5.16. The van der Waals surface area contributed by atoms with Crippen LogP contribution in [0.3, 0.4) is 0 Å². The van der Waals surface area contributed by atoms with Gasteiger partial charge in [-0.1, -0.05) is 91.0 Å². The van der Waals surface area contributed by atoms with Crippen LogP contribution in [0.5, 0.6) is 0 Å². The van der Waals surface area contributed by atoms with E-state index in [0.29, 0.717) is 39.3 Å². The van der Waals surface area contributed by atoms with Crippen LogP contribution in [0.25, 0.3) is 0 Å². The Morgan fingerprint density at radius 3 is 1.58 bits per heavy atom. The van der Waals surface area contributed by atoms with Gasteiger partial charge in [-0.25, -0.2) is 0 Å². The predicted molar refractivity (Wildman–Crippen MR) is 144 cm³/mol. The summed E-state index contributed by atoms with van der Waals surface area (Å²) in [4.78, 5) is 0. The van der Waals surface area contributed by atoms with Gasteiger partial charge in [-0.05, 0) is 23.1 Å². The molecule has 7 nitrogen and oxygen atoms in total. The third-order valence-corrected chi connectivity index (χ3v) is 6.96. The molecule has 4 atom stereocenters. The fraction of sp³-hybridized carbons (Fsp3) is 0.419. The first-order valence-corrected chi connectivity index (χ1v) is 13.1. The topological polar surface area (TPSA) is 69.6 Å². The van der Waals surface area contributed by atoms with E-state index < -0.39 is 12.1 Å². The molecule has 7 heteroatoms. The maximum Gasteiger partial charge on any atom is 0.156 e. The van der Waals surface area contributed by atoms with Crippen LogP contribution in [-0.2, 0) is 43.5 Å². The molecule has 3 aromatic carbocycles. The SMILES string of the molecule is COC(CC[C@H]1[C@H](OCc2ccccc2)[C@@H](OCc2ccccc2)[C@H](COCc2ccccc2)N1O)OC. The van der Waals surface area contributed by atoms with Gasteiger partial charge in [-0.3, -0.25) is 0 Å². The second-order valence-electron chi connectivity index (χ2n) is 9.52. The summed E-state index contributed by atoms with van der Waals surface area (Å²) in [7, 11) is 3.24. The molecule has 1 saturated heterocycles. The number of hydroxylamine groups is 2. The number of hydrogen-bond donors (Lipinski definition) is 1. The van der Waals surface area contributed by atoms with E-state index in [4.69, 9.17) is 23.7 Å². The van der Waals surface area contributed by atoms with Gasteiger partial charge in [-0.15, -0.1) is 0 Å². The molecule has 1 heterocycles. The molecule has 4 rings (SSSR count). The van der Waals surface area contributed by atoms with E-state index in [2.05, 4.69) is 0 Å². The van der Waals surface area contributed by atoms with E-state index in [1.54, 1.807) is 14.2 Å². The van der Waals surface area contributed by atoms with Crippen molar-refractivity contribution in [1.29, 1.82) is 0 Å². The molecule has 3 aromatic rings. The van der Waals surface area contributed by atoms with Crippen molar-refractivity contribution in [3.05, 3.63) is 108 Å². The second-order valence-corrected chi connectivity index (χ2v) is 9.52. The Labute approximate surface area is 225 Å². The van der Waals surface area contributed by atoms with Gasteiger partial charge in [0.25, 0.3) is 0 Å². The quantitative estimate of drug-likeness (QED) is 0.275. The molecule has 1 N–H and O–H groups in total. The number of ether oxygens (including phenoxy) is 5. The van der Waals surface area contributed by atoms with E-state index in [1.807, 2.05) is 91.0 Å². The Kier molecular flexibility index (Phi) is 11.3. The number of methoxy groups -OCH3 is 2. The Hall–Kier alpha value is -2.62. The van der Waals surface area contributed by atoms with Crippen molar-refractivity contribution in [2.24, 2.45) is 0 Å². The summed E-state index contributed by atoms with van der Waals surface area (Å²) >= 11 is 0. The number of benzene rings is 3. The lowest BCUT2D eigenvalue weighted by atomic mass is 10.0. The van der Waals surface area contributed by atoms with Crippen LogP contribution in [0.4, 0.5) is 0 Å².